The molecule has 0 aliphatic heterocycles. The first-order valence-corrected chi connectivity index (χ1v) is 16.3. The highest BCUT2D eigenvalue weighted by Crippen LogP contribution is 2.18. The summed E-state index contributed by atoms with van der Waals surface area (Å²) >= 11 is 0. The summed E-state index contributed by atoms with van der Waals surface area (Å²) in [6.07, 6.45) is 6.92. The Balaban J connectivity index is 1.06. The molecule has 10 nitrogen and oxygen atoms in total. The minimum atomic E-state index is -3.73. The molecule has 2 aromatic heterocycles. The lowest BCUT2D eigenvalue weighted by atomic mass is 10.1. The number of hydrogen-bond donors (Lipinski definition) is 2. The summed E-state index contributed by atoms with van der Waals surface area (Å²) in [6, 6.07) is 24.1. The van der Waals surface area contributed by atoms with E-state index in [0.717, 1.165) is 33.3 Å². The molecule has 2 heterocycles. The zero-order chi connectivity index (χ0) is 29.9. The van der Waals surface area contributed by atoms with Gasteiger partial charge in [0.1, 0.15) is 0 Å². The zero-order valence-corrected chi connectivity index (χ0v) is 24.4. The Bertz CT molecular complexity index is 1980. The Hall–Kier alpha value is -4.62. The predicted octanol–water partition coefficient (Wildman–Crippen LogP) is 4.12. The summed E-state index contributed by atoms with van der Waals surface area (Å²) < 4.78 is 56.7. The van der Waals surface area contributed by atoms with Crippen LogP contribution >= 0.6 is 0 Å². The summed E-state index contributed by atoms with van der Waals surface area (Å²) in [6.45, 7) is 0.245. The maximum atomic E-state index is 12.9. The molecule has 0 saturated carbocycles. The van der Waals surface area contributed by atoms with Crippen molar-refractivity contribution in [2.45, 2.75) is 29.3 Å². The van der Waals surface area contributed by atoms with Gasteiger partial charge < -0.3 is 0 Å². The van der Waals surface area contributed by atoms with Crippen molar-refractivity contribution < 1.29 is 16.8 Å². The fourth-order valence-corrected chi connectivity index (χ4v) is 6.61. The van der Waals surface area contributed by atoms with E-state index in [2.05, 4.69) is 29.4 Å². The van der Waals surface area contributed by atoms with E-state index in [0.29, 0.717) is 17.5 Å². The van der Waals surface area contributed by atoms with Crippen molar-refractivity contribution in [1.29, 1.82) is 0 Å². The molecule has 0 aliphatic rings. The second kappa shape index (κ2) is 11.9. The van der Waals surface area contributed by atoms with E-state index in [4.69, 9.17) is 0 Å². The van der Waals surface area contributed by atoms with Gasteiger partial charge in [0, 0.05) is 37.9 Å². The van der Waals surface area contributed by atoms with Crippen LogP contribution in [0.1, 0.15) is 22.3 Å². The van der Waals surface area contributed by atoms with Gasteiger partial charge in [-0.15, -0.1) is 0 Å². The maximum Gasteiger partial charge on any atom is 0.240 e. The lowest BCUT2D eigenvalue weighted by Crippen LogP contribution is -2.23. The fourth-order valence-electron chi connectivity index (χ4n) is 4.57. The number of nitrogens with zero attached hydrogens (tertiary/aromatic N) is 4. The van der Waals surface area contributed by atoms with Gasteiger partial charge in [-0.1, -0.05) is 36.4 Å². The van der Waals surface area contributed by atoms with Gasteiger partial charge in [-0.25, -0.2) is 26.3 Å². The van der Waals surface area contributed by atoms with Crippen LogP contribution in [0.25, 0.3) is 22.1 Å². The first-order valence-electron chi connectivity index (χ1n) is 13.3. The molecule has 0 saturated heterocycles. The van der Waals surface area contributed by atoms with Gasteiger partial charge in [0.2, 0.25) is 20.0 Å². The normalized spacial score (nSPS) is 12.1. The fraction of sp³-hybridized carbons (Fsp3) is 0.0968. The van der Waals surface area contributed by atoms with E-state index in [-0.39, 0.29) is 22.9 Å². The van der Waals surface area contributed by atoms with Crippen LogP contribution in [0.4, 0.5) is 0 Å². The highest BCUT2D eigenvalue weighted by molar-refractivity contribution is 7.89. The van der Waals surface area contributed by atoms with E-state index in [1.54, 1.807) is 97.6 Å². The summed E-state index contributed by atoms with van der Waals surface area (Å²) in [4.78, 5) is 17.3. The molecule has 0 fully saturated rings. The van der Waals surface area contributed by atoms with Crippen LogP contribution < -0.4 is 9.44 Å². The van der Waals surface area contributed by atoms with E-state index in [1.165, 1.54) is 0 Å². The van der Waals surface area contributed by atoms with Gasteiger partial charge >= 0.3 is 0 Å². The molecule has 4 aromatic carbocycles. The molecule has 0 amide bonds. The Morgan fingerprint density at radius 1 is 0.442 bits per heavy atom. The molecule has 43 heavy (non-hydrogen) atoms. The van der Waals surface area contributed by atoms with Crippen LogP contribution in [0.5, 0.6) is 0 Å². The first kappa shape index (κ1) is 28.5. The number of rotatable bonds is 10. The predicted molar refractivity (Wildman–Crippen MR) is 163 cm³/mol. The molecule has 0 bridgehead atoms. The number of sulfonamides is 2. The van der Waals surface area contributed by atoms with Crippen molar-refractivity contribution in [2.75, 3.05) is 0 Å². The first-order chi connectivity index (χ1) is 20.7. The molecule has 2 N–H and O–H groups in total. The molecule has 6 aromatic rings. The van der Waals surface area contributed by atoms with Gasteiger partial charge in [0.25, 0.3) is 0 Å². The molecule has 0 unspecified atom stereocenters. The monoisotopic (exact) mass is 610 g/mol. The highest BCUT2D eigenvalue weighted by atomic mass is 32.2. The summed E-state index contributed by atoms with van der Waals surface area (Å²) in [7, 11) is -7.45. The Kier molecular flexibility index (Phi) is 7.91. The largest absolute Gasteiger partial charge is 0.253 e. The SMILES string of the molecule is O=S(=O)(NCc1ccc2nccnc2c1)c1ccc(Cc2ccc(S(=O)(=O)NCc3ccc4nccnc4c3)cc2)cc1. The van der Waals surface area contributed by atoms with Crippen molar-refractivity contribution in [2.24, 2.45) is 0 Å². The highest BCUT2D eigenvalue weighted by Gasteiger charge is 2.16. The number of fused-ring (bicyclic) bond motifs is 2. The van der Waals surface area contributed by atoms with E-state index in [9.17, 15) is 16.8 Å². The molecular formula is C31H26N6O4S2. The third kappa shape index (κ3) is 6.73. The van der Waals surface area contributed by atoms with Crippen molar-refractivity contribution in [3.8, 4) is 0 Å². The smallest absolute Gasteiger partial charge is 0.240 e. The van der Waals surface area contributed by atoms with Crippen LogP contribution in [0.15, 0.2) is 120 Å². The van der Waals surface area contributed by atoms with Crippen molar-refractivity contribution in [3.63, 3.8) is 0 Å². The number of benzene rings is 4. The topological polar surface area (TPSA) is 144 Å². The summed E-state index contributed by atoms with van der Waals surface area (Å²) in [5, 5.41) is 0. The van der Waals surface area contributed by atoms with Gasteiger partial charge in [-0.2, -0.15) is 0 Å². The van der Waals surface area contributed by atoms with Gasteiger partial charge in [0.05, 0.1) is 31.9 Å². The second-order valence-corrected chi connectivity index (χ2v) is 13.4. The van der Waals surface area contributed by atoms with Crippen LogP contribution in [0.3, 0.4) is 0 Å². The van der Waals surface area contributed by atoms with Crippen LogP contribution in [-0.2, 0) is 39.6 Å². The Labute approximate surface area is 249 Å². The molecular weight excluding hydrogens is 585 g/mol. The Morgan fingerprint density at radius 2 is 0.791 bits per heavy atom. The number of nitrogens with one attached hydrogen (secondary N) is 2. The number of hydrogen-bond acceptors (Lipinski definition) is 8. The van der Waals surface area contributed by atoms with E-state index in [1.807, 2.05) is 12.1 Å². The summed E-state index contributed by atoms with van der Waals surface area (Å²) in [5.74, 6) is 0. The van der Waals surface area contributed by atoms with Crippen LogP contribution in [-0.4, -0.2) is 36.8 Å². The van der Waals surface area contributed by atoms with Crippen molar-refractivity contribution >= 4 is 42.1 Å². The second-order valence-electron chi connectivity index (χ2n) is 9.87. The lowest BCUT2D eigenvalue weighted by Gasteiger charge is -2.10. The average molecular weight is 611 g/mol. The minimum absolute atomic E-state index is 0.123. The van der Waals surface area contributed by atoms with Gasteiger partial charge in [-0.3, -0.25) is 19.9 Å². The van der Waals surface area contributed by atoms with Gasteiger partial charge in [0.15, 0.2) is 0 Å². The molecule has 0 radical (unpaired) electrons. The third-order valence-corrected chi connectivity index (χ3v) is 9.71. The van der Waals surface area contributed by atoms with Crippen molar-refractivity contribution in [1.82, 2.24) is 29.4 Å². The third-order valence-electron chi connectivity index (χ3n) is 6.88. The zero-order valence-electron chi connectivity index (χ0n) is 22.8. The molecule has 216 valence electrons. The van der Waals surface area contributed by atoms with Crippen molar-refractivity contribution in [3.05, 3.63) is 132 Å². The molecule has 6 rings (SSSR count). The molecule has 0 spiro atoms. The lowest BCUT2D eigenvalue weighted by molar-refractivity contribution is 0.579. The maximum absolute atomic E-state index is 12.9. The van der Waals surface area contributed by atoms with Gasteiger partial charge in [-0.05, 0) is 77.2 Å². The van der Waals surface area contributed by atoms with E-state index >= 15 is 0 Å². The average Bonchev–Trinajstić information content (AvgIpc) is 3.03. The van der Waals surface area contributed by atoms with E-state index < -0.39 is 20.0 Å². The quantitative estimate of drug-likeness (QED) is 0.236. The van der Waals surface area contributed by atoms with Crippen LogP contribution in [0.2, 0.25) is 0 Å². The molecule has 12 heteroatoms. The van der Waals surface area contributed by atoms with Crippen LogP contribution in [0, 0.1) is 0 Å². The summed E-state index contributed by atoms with van der Waals surface area (Å²) in [5.41, 5.74) is 6.20. The standard InChI is InChI=1S/C31H26N6O4S2/c38-42(39,36-20-24-5-11-28-30(18-24)34-15-13-32-28)26-7-1-22(2-8-26)17-23-3-9-27(10-4-23)43(40,41)37-21-25-6-12-29-31(19-25)35-16-14-33-29/h1-16,18-19,36-37H,17,20-21H2. The molecule has 0 aliphatic carbocycles. The minimum Gasteiger partial charge on any atom is -0.253 e. The number of aromatic nitrogens is 4. The molecule has 0 atom stereocenters. The Morgan fingerprint density at radius 3 is 1.19 bits per heavy atom.